The fourth-order valence-corrected chi connectivity index (χ4v) is 5.11. The van der Waals surface area contributed by atoms with Crippen molar-refractivity contribution in [3.63, 3.8) is 0 Å². The number of fused-ring (bicyclic) bond motifs is 2. The zero-order valence-corrected chi connectivity index (χ0v) is 18.1. The lowest BCUT2D eigenvalue weighted by Crippen LogP contribution is -2.56. The fraction of sp³-hybridized carbons (Fsp3) is 0.583. The molecular weight excluding hydrogens is 382 g/mol. The summed E-state index contributed by atoms with van der Waals surface area (Å²) in [5.74, 6) is 0.655. The van der Waals surface area contributed by atoms with E-state index in [0.29, 0.717) is 37.3 Å². The lowest BCUT2D eigenvalue weighted by atomic mass is 9.71. The number of likely N-dealkylation sites (tertiary alicyclic amines) is 1. The average Bonchev–Trinajstić information content (AvgIpc) is 2.71. The van der Waals surface area contributed by atoms with Crippen LogP contribution in [0.25, 0.3) is 11.0 Å². The highest BCUT2D eigenvalue weighted by Crippen LogP contribution is 2.40. The van der Waals surface area contributed by atoms with Crippen LogP contribution in [0.2, 0.25) is 0 Å². The van der Waals surface area contributed by atoms with Gasteiger partial charge in [0.15, 0.2) is 6.10 Å². The van der Waals surface area contributed by atoms with Gasteiger partial charge in [-0.15, -0.1) is 0 Å². The Morgan fingerprint density at radius 1 is 1.33 bits per heavy atom. The predicted octanol–water partition coefficient (Wildman–Crippen LogP) is 3.58. The number of hydrogen-bond acceptors (Lipinski definition) is 5. The molecule has 2 aromatic rings. The Morgan fingerprint density at radius 2 is 2.13 bits per heavy atom. The van der Waals surface area contributed by atoms with Gasteiger partial charge in [-0.1, -0.05) is 19.8 Å². The van der Waals surface area contributed by atoms with Crippen LogP contribution in [0.1, 0.15) is 57.1 Å². The van der Waals surface area contributed by atoms with Crippen molar-refractivity contribution in [3.05, 3.63) is 39.7 Å². The molecule has 0 spiro atoms. The third-order valence-electron chi connectivity index (χ3n) is 6.81. The summed E-state index contributed by atoms with van der Waals surface area (Å²) in [6.45, 7) is 6.80. The van der Waals surface area contributed by atoms with Crippen LogP contribution in [0, 0.1) is 12.8 Å². The molecule has 6 heteroatoms. The van der Waals surface area contributed by atoms with Crippen LogP contribution in [-0.4, -0.2) is 40.7 Å². The molecule has 2 heterocycles. The van der Waals surface area contributed by atoms with Gasteiger partial charge in [-0.25, -0.2) is 4.79 Å². The van der Waals surface area contributed by atoms with Gasteiger partial charge in [0.05, 0.1) is 11.0 Å². The Kier molecular flexibility index (Phi) is 5.62. The van der Waals surface area contributed by atoms with E-state index in [2.05, 4.69) is 0 Å². The number of ether oxygens (including phenoxy) is 1. The van der Waals surface area contributed by atoms with Crippen molar-refractivity contribution < 1.29 is 19.1 Å². The maximum atomic E-state index is 13.2. The second-order valence-electron chi connectivity index (χ2n) is 8.92. The minimum Gasteiger partial charge on any atom is -0.480 e. The van der Waals surface area contributed by atoms with E-state index in [4.69, 9.17) is 9.15 Å². The molecule has 3 atom stereocenters. The molecule has 2 aliphatic rings. The van der Waals surface area contributed by atoms with E-state index >= 15 is 0 Å². The molecule has 6 nitrogen and oxygen atoms in total. The summed E-state index contributed by atoms with van der Waals surface area (Å²) in [6, 6.07) is 5.21. The summed E-state index contributed by atoms with van der Waals surface area (Å²) in [4.78, 5) is 26.9. The van der Waals surface area contributed by atoms with E-state index in [-0.39, 0.29) is 17.5 Å². The first kappa shape index (κ1) is 20.9. The molecule has 0 unspecified atom stereocenters. The molecule has 1 aliphatic heterocycles. The van der Waals surface area contributed by atoms with E-state index in [1.54, 1.807) is 6.92 Å². The van der Waals surface area contributed by atoms with Crippen molar-refractivity contribution in [2.45, 2.75) is 71.0 Å². The molecule has 1 saturated heterocycles. The molecule has 162 valence electrons. The predicted molar refractivity (Wildman–Crippen MR) is 115 cm³/mol. The number of hydrogen-bond donors (Lipinski definition) is 1. The number of piperidine rings is 1. The van der Waals surface area contributed by atoms with Gasteiger partial charge in [0.25, 0.3) is 5.91 Å². The molecule has 1 saturated carbocycles. The fourth-order valence-electron chi connectivity index (χ4n) is 5.11. The van der Waals surface area contributed by atoms with Gasteiger partial charge in [-0.2, -0.15) is 0 Å². The number of rotatable bonds is 4. The summed E-state index contributed by atoms with van der Waals surface area (Å²) in [5, 5.41) is 11.6. The maximum absolute atomic E-state index is 13.2. The highest BCUT2D eigenvalue weighted by atomic mass is 16.5. The normalized spacial score (nSPS) is 25.1. The number of aryl methyl sites for hydroxylation is 2. The van der Waals surface area contributed by atoms with Crippen molar-refractivity contribution in [1.82, 2.24) is 4.90 Å². The number of carbonyl (C=O) groups excluding carboxylic acids is 1. The van der Waals surface area contributed by atoms with E-state index in [1.807, 2.05) is 30.9 Å². The van der Waals surface area contributed by atoms with E-state index in [0.717, 1.165) is 42.2 Å². The van der Waals surface area contributed by atoms with Crippen LogP contribution in [0.4, 0.5) is 0 Å². The molecule has 1 amide bonds. The number of aliphatic hydroxyl groups is 1. The monoisotopic (exact) mass is 413 g/mol. The van der Waals surface area contributed by atoms with Crippen molar-refractivity contribution in [2.75, 3.05) is 13.1 Å². The number of carbonyl (C=O) groups is 1. The zero-order valence-electron chi connectivity index (χ0n) is 18.1. The molecule has 1 N–H and O–H groups in total. The first-order valence-electron chi connectivity index (χ1n) is 11.1. The molecule has 0 bridgehead atoms. The zero-order chi connectivity index (χ0) is 21.5. The summed E-state index contributed by atoms with van der Waals surface area (Å²) in [7, 11) is 0. The molecule has 4 rings (SSSR count). The molecule has 1 aromatic heterocycles. The summed E-state index contributed by atoms with van der Waals surface area (Å²) < 4.78 is 11.5. The summed E-state index contributed by atoms with van der Waals surface area (Å²) in [5.41, 5.74) is 1.24. The third-order valence-corrected chi connectivity index (χ3v) is 6.81. The topological polar surface area (TPSA) is 80.0 Å². The van der Waals surface area contributed by atoms with Crippen molar-refractivity contribution in [2.24, 2.45) is 5.92 Å². The highest BCUT2D eigenvalue weighted by Gasteiger charge is 2.44. The van der Waals surface area contributed by atoms with Gasteiger partial charge in [0.1, 0.15) is 11.3 Å². The second-order valence-corrected chi connectivity index (χ2v) is 8.92. The number of nitrogens with zero attached hydrogens (tertiary/aromatic N) is 1. The Hall–Kier alpha value is -2.34. The molecule has 2 fully saturated rings. The van der Waals surface area contributed by atoms with Crippen LogP contribution in [0.3, 0.4) is 0 Å². The molecular formula is C24H31NO5. The van der Waals surface area contributed by atoms with Gasteiger partial charge >= 0.3 is 5.63 Å². The lowest BCUT2D eigenvalue weighted by molar-refractivity contribution is -0.149. The van der Waals surface area contributed by atoms with Gasteiger partial charge in [-0.05, 0) is 62.8 Å². The Balaban J connectivity index is 1.56. The quantitative estimate of drug-likeness (QED) is 0.775. The minimum atomic E-state index is -0.665. The van der Waals surface area contributed by atoms with Crippen LogP contribution in [0.5, 0.6) is 5.75 Å². The summed E-state index contributed by atoms with van der Waals surface area (Å²) in [6.07, 6.45) is 4.62. The number of amides is 1. The van der Waals surface area contributed by atoms with Crippen LogP contribution in [-0.2, 0) is 11.2 Å². The SMILES string of the molecule is CCc1cc(=O)oc2cc(C)cc(O[C@H](C)C(=O)N3CC[C@@]4(O)CCCC[C@@H]4C3)c12. The summed E-state index contributed by atoms with van der Waals surface area (Å²) >= 11 is 0. The maximum Gasteiger partial charge on any atom is 0.336 e. The van der Waals surface area contributed by atoms with Crippen molar-refractivity contribution >= 4 is 16.9 Å². The van der Waals surface area contributed by atoms with Gasteiger partial charge < -0.3 is 19.2 Å². The van der Waals surface area contributed by atoms with Crippen molar-refractivity contribution in [1.29, 1.82) is 0 Å². The average molecular weight is 414 g/mol. The standard InChI is InChI=1S/C24H31NO5/c1-4-17-13-21(26)30-20-12-15(2)11-19(22(17)20)29-16(3)23(27)25-10-9-24(28)8-6-5-7-18(24)14-25/h11-13,16,18,28H,4-10,14H2,1-3H3/t16-,18-,24+/m1/s1. The van der Waals surface area contributed by atoms with Crippen LogP contribution in [0.15, 0.2) is 27.4 Å². The number of benzene rings is 1. The lowest BCUT2D eigenvalue weighted by Gasteiger charge is -2.47. The first-order valence-corrected chi connectivity index (χ1v) is 11.1. The highest BCUT2D eigenvalue weighted by molar-refractivity contribution is 5.88. The van der Waals surface area contributed by atoms with Gasteiger partial charge in [0, 0.05) is 25.1 Å². The first-order chi connectivity index (χ1) is 14.3. The Morgan fingerprint density at radius 3 is 2.90 bits per heavy atom. The van der Waals surface area contributed by atoms with Crippen molar-refractivity contribution in [3.8, 4) is 5.75 Å². The molecule has 1 aliphatic carbocycles. The van der Waals surface area contributed by atoms with E-state index in [1.165, 1.54) is 6.07 Å². The molecule has 1 aromatic carbocycles. The van der Waals surface area contributed by atoms with Crippen LogP contribution >= 0.6 is 0 Å². The van der Waals surface area contributed by atoms with E-state index in [9.17, 15) is 14.7 Å². The smallest absolute Gasteiger partial charge is 0.336 e. The Labute approximate surface area is 176 Å². The van der Waals surface area contributed by atoms with E-state index < -0.39 is 11.7 Å². The van der Waals surface area contributed by atoms with Crippen LogP contribution < -0.4 is 10.4 Å². The minimum absolute atomic E-state index is 0.0623. The molecule has 30 heavy (non-hydrogen) atoms. The Bertz CT molecular complexity index is 1010. The molecule has 0 radical (unpaired) electrons. The second kappa shape index (κ2) is 8.06. The van der Waals surface area contributed by atoms with Gasteiger partial charge in [0.2, 0.25) is 0 Å². The third kappa shape index (κ3) is 3.85. The van der Waals surface area contributed by atoms with Gasteiger partial charge in [-0.3, -0.25) is 4.79 Å². The largest absolute Gasteiger partial charge is 0.480 e.